The van der Waals surface area contributed by atoms with Gasteiger partial charge in [0.1, 0.15) is 5.82 Å². The summed E-state index contributed by atoms with van der Waals surface area (Å²) in [5.74, 6) is 3.03. The molecule has 1 aliphatic carbocycles. The predicted octanol–water partition coefficient (Wildman–Crippen LogP) is 0.951. The first-order valence-electron chi connectivity index (χ1n) is 9.94. The van der Waals surface area contributed by atoms with Crippen LogP contribution in [0, 0.1) is 5.92 Å². The fourth-order valence-electron chi connectivity index (χ4n) is 4.36. The van der Waals surface area contributed by atoms with Crippen LogP contribution in [-0.4, -0.2) is 41.7 Å². The Balaban J connectivity index is 1.49. The molecule has 1 saturated heterocycles. The van der Waals surface area contributed by atoms with E-state index in [-0.39, 0.29) is 0 Å². The molecule has 4 heterocycles. The minimum atomic E-state index is -0.444. The van der Waals surface area contributed by atoms with Crippen molar-refractivity contribution in [2.24, 2.45) is 20.0 Å². The minimum Gasteiger partial charge on any atom is -0.341 e. The number of H-pyrrole nitrogens is 1. The Hall–Kier alpha value is -2.84. The molecule has 0 spiro atoms. The standard InChI is InChI=1S/C19H25N7O2/c1-23-14-16(24(2)19(28)22-17(14)27)21-18(23)26-8-3-4-13(11-26)15-20-7-9-25(15)10-12-5-6-12/h7,9,12-13H,3-6,8,10-11H2,1-2H3,(H,22,27,28)/t13-/m1/s1. The Labute approximate surface area is 161 Å². The largest absolute Gasteiger partial charge is 0.341 e. The number of nitrogens with one attached hydrogen (secondary N) is 1. The molecule has 0 amide bonds. The molecule has 5 rings (SSSR count). The first-order chi connectivity index (χ1) is 13.5. The predicted molar refractivity (Wildman–Crippen MR) is 106 cm³/mol. The monoisotopic (exact) mass is 383 g/mol. The van der Waals surface area contributed by atoms with Crippen LogP contribution in [0.5, 0.6) is 0 Å². The van der Waals surface area contributed by atoms with E-state index in [1.165, 1.54) is 17.4 Å². The van der Waals surface area contributed by atoms with Gasteiger partial charge in [-0.2, -0.15) is 4.98 Å². The Bertz CT molecular complexity index is 1150. The topological polar surface area (TPSA) is 93.7 Å². The van der Waals surface area contributed by atoms with Crippen LogP contribution in [0.1, 0.15) is 37.4 Å². The molecule has 9 nitrogen and oxygen atoms in total. The number of fused-ring (bicyclic) bond motifs is 1. The highest BCUT2D eigenvalue weighted by Gasteiger charge is 2.30. The zero-order chi connectivity index (χ0) is 19.4. The van der Waals surface area contributed by atoms with Gasteiger partial charge >= 0.3 is 5.69 Å². The summed E-state index contributed by atoms with van der Waals surface area (Å²) in [5.41, 5.74) is 0.00623. The normalized spacial score (nSPS) is 20.2. The maximum atomic E-state index is 12.3. The van der Waals surface area contributed by atoms with Gasteiger partial charge in [-0.05, 0) is 31.6 Å². The van der Waals surface area contributed by atoms with Crippen LogP contribution in [0.3, 0.4) is 0 Å². The lowest BCUT2D eigenvalue weighted by Gasteiger charge is -2.33. The second-order valence-electron chi connectivity index (χ2n) is 8.13. The van der Waals surface area contributed by atoms with Crippen molar-refractivity contribution in [3.63, 3.8) is 0 Å². The number of imidazole rings is 2. The third-order valence-corrected chi connectivity index (χ3v) is 6.08. The van der Waals surface area contributed by atoms with Crippen molar-refractivity contribution in [3.8, 4) is 0 Å². The molecule has 1 N–H and O–H groups in total. The number of aryl methyl sites for hydroxylation is 2. The fraction of sp³-hybridized carbons (Fsp3) is 0.579. The number of aromatic nitrogens is 6. The summed E-state index contributed by atoms with van der Waals surface area (Å²) in [5, 5.41) is 0. The molecule has 3 aromatic heterocycles. The number of aromatic amines is 1. The molecule has 1 saturated carbocycles. The molecule has 0 radical (unpaired) electrons. The van der Waals surface area contributed by atoms with E-state index in [1.807, 2.05) is 13.2 Å². The number of hydrogen-bond acceptors (Lipinski definition) is 5. The summed E-state index contributed by atoms with van der Waals surface area (Å²) in [6.07, 6.45) is 8.78. The fourth-order valence-corrected chi connectivity index (χ4v) is 4.36. The van der Waals surface area contributed by atoms with E-state index >= 15 is 0 Å². The molecular formula is C19H25N7O2. The van der Waals surface area contributed by atoms with E-state index in [2.05, 4.69) is 30.6 Å². The highest BCUT2D eigenvalue weighted by Crippen LogP contribution is 2.34. The van der Waals surface area contributed by atoms with E-state index in [0.29, 0.717) is 17.1 Å². The van der Waals surface area contributed by atoms with Crippen LogP contribution in [-0.2, 0) is 20.6 Å². The third kappa shape index (κ3) is 2.76. The first-order valence-corrected chi connectivity index (χ1v) is 9.94. The molecule has 0 aromatic carbocycles. The van der Waals surface area contributed by atoms with E-state index in [9.17, 15) is 9.59 Å². The van der Waals surface area contributed by atoms with Crippen LogP contribution in [0.4, 0.5) is 5.95 Å². The van der Waals surface area contributed by atoms with Crippen LogP contribution < -0.4 is 16.1 Å². The van der Waals surface area contributed by atoms with Crippen molar-refractivity contribution >= 4 is 17.1 Å². The van der Waals surface area contributed by atoms with Crippen molar-refractivity contribution in [2.45, 2.75) is 38.1 Å². The lowest BCUT2D eigenvalue weighted by atomic mass is 9.97. The molecule has 1 aliphatic heterocycles. The Morgan fingerprint density at radius 1 is 1.18 bits per heavy atom. The quantitative estimate of drug-likeness (QED) is 0.724. The van der Waals surface area contributed by atoms with Crippen LogP contribution >= 0.6 is 0 Å². The summed E-state index contributed by atoms with van der Waals surface area (Å²) < 4.78 is 5.51. The van der Waals surface area contributed by atoms with Crippen molar-refractivity contribution in [2.75, 3.05) is 18.0 Å². The number of anilines is 1. The van der Waals surface area contributed by atoms with Gasteiger partial charge in [0.2, 0.25) is 5.95 Å². The Morgan fingerprint density at radius 3 is 2.79 bits per heavy atom. The average molecular weight is 383 g/mol. The summed E-state index contributed by atoms with van der Waals surface area (Å²) >= 11 is 0. The van der Waals surface area contributed by atoms with E-state index in [1.54, 1.807) is 11.6 Å². The Morgan fingerprint density at radius 2 is 2.00 bits per heavy atom. The maximum absolute atomic E-state index is 12.3. The maximum Gasteiger partial charge on any atom is 0.329 e. The zero-order valence-corrected chi connectivity index (χ0v) is 16.3. The van der Waals surface area contributed by atoms with E-state index in [4.69, 9.17) is 0 Å². The molecule has 28 heavy (non-hydrogen) atoms. The van der Waals surface area contributed by atoms with E-state index in [0.717, 1.165) is 50.2 Å². The van der Waals surface area contributed by atoms with Crippen molar-refractivity contribution in [1.82, 2.24) is 28.7 Å². The average Bonchev–Trinajstić information content (AvgIpc) is 3.25. The molecular weight excluding hydrogens is 358 g/mol. The first kappa shape index (κ1) is 17.3. The lowest BCUT2D eigenvalue weighted by molar-refractivity contribution is 0.458. The molecule has 0 unspecified atom stereocenters. The molecule has 2 fully saturated rings. The second kappa shape index (κ2) is 6.35. The van der Waals surface area contributed by atoms with Gasteiger partial charge in [-0.3, -0.25) is 14.3 Å². The van der Waals surface area contributed by atoms with Crippen molar-refractivity contribution in [1.29, 1.82) is 0 Å². The number of nitrogens with zero attached hydrogens (tertiary/aromatic N) is 6. The second-order valence-corrected chi connectivity index (χ2v) is 8.13. The van der Waals surface area contributed by atoms with Gasteiger partial charge in [0, 0.05) is 52.0 Å². The zero-order valence-electron chi connectivity index (χ0n) is 16.3. The van der Waals surface area contributed by atoms with Gasteiger partial charge in [-0.25, -0.2) is 9.78 Å². The van der Waals surface area contributed by atoms with Gasteiger partial charge in [0.05, 0.1) is 0 Å². The van der Waals surface area contributed by atoms with Gasteiger partial charge in [0.25, 0.3) is 5.56 Å². The van der Waals surface area contributed by atoms with Crippen LogP contribution in [0.2, 0.25) is 0 Å². The Kier molecular flexibility index (Phi) is 3.92. The SMILES string of the molecule is Cn1c(N2CCC[C@@H](c3nccn3CC3CC3)C2)nc2c1c(=O)[nH]c(=O)n2C. The van der Waals surface area contributed by atoms with Crippen molar-refractivity contribution in [3.05, 3.63) is 39.1 Å². The van der Waals surface area contributed by atoms with Crippen LogP contribution in [0.15, 0.2) is 22.0 Å². The summed E-state index contributed by atoms with van der Waals surface area (Å²) in [6, 6.07) is 0. The number of rotatable bonds is 4. The third-order valence-electron chi connectivity index (χ3n) is 6.08. The highest BCUT2D eigenvalue weighted by molar-refractivity contribution is 5.74. The molecule has 0 bridgehead atoms. The lowest BCUT2D eigenvalue weighted by Crippen LogP contribution is -2.37. The smallest absolute Gasteiger partial charge is 0.329 e. The van der Waals surface area contributed by atoms with Crippen LogP contribution in [0.25, 0.3) is 11.2 Å². The van der Waals surface area contributed by atoms with E-state index < -0.39 is 11.2 Å². The number of piperidine rings is 1. The highest BCUT2D eigenvalue weighted by atomic mass is 16.2. The van der Waals surface area contributed by atoms with Crippen molar-refractivity contribution < 1.29 is 0 Å². The summed E-state index contributed by atoms with van der Waals surface area (Å²) in [7, 11) is 3.47. The molecule has 3 aromatic rings. The molecule has 1 atom stereocenters. The summed E-state index contributed by atoms with van der Waals surface area (Å²) in [6.45, 7) is 2.75. The summed E-state index contributed by atoms with van der Waals surface area (Å²) in [4.78, 5) is 38.1. The minimum absolute atomic E-state index is 0.337. The van der Waals surface area contributed by atoms with Gasteiger partial charge < -0.3 is 14.0 Å². The molecule has 2 aliphatic rings. The van der Waals surface area contributed by atoms with Gasteiger partial charge in [-0.15, -0.1) is 0 Å². The van der Waals surface area contributed by atoms with Gasteiger partial charge in [0.15, 0.2) is 11.2 Å². The molecule has 148 valence electrons. The van der Waals surface area contributed by atoms with Gasteiger partial charge in [-0.1, -0.05) is 0 Å². The molecule has 9 heteroatoms. The number of hydrogen-bond donors (Lipinski definition) is 1.